The van der Waals surface area contributed by atoms with Crippen molar-refractivity contribution in [1.29, 1.82) is 0 Å². The zero-order valence-corrected chi connectivity index (χ0v) is 20.8. The monoisotopic (exact) mass is 498 g/mol. The molecule has 3 aromatic rings. The average molecular weight is 499 g/mol. The van der Waals surface area contributed by atoms with Gasteiger partial charge < -0.3 is 5.11 Å². The molecule has 2 aromatic heterocycles. The van der Waals surface area contributed by atoms with E-state index in [1.807, 2.05) is 39.1 Å². The summed E-state index contributed by atoms with van der Waals surface area (Å²) in [5, 5.41) is 18.6. The van der Waals surface area contributed by atoms with Crippen molar-refractivity contribution < 1.29 is 19.3 Å². The first-order chi connectivity index (χ1) is 16.1. The molecule has 0 unspecified atom stereocenters. The van der Waals surface area contributed by atoms with E-state index >= 15 is 0 Å². The molecule has 0 atom stereocenters. The Kier molecular flexibility index (Phi) is 6.51. The van der Waals surface area contributed by atoms with Crippen molar-refractivity contribution in [3.63, 3.8) is 0 Å². The number of benzene rings is 1. The first-order valence-electron chi connectivity index (χ1n) is 11.0. The number of carbonyl (C=O) groups is 2. The van der Waals surface area contributed by atoms with Gasteiger partial charge in [0.2, 0.25) is 0 Å². The Labute approximate surface area is 207 Å². The molecule has 4 rings (SSSR count). The molecule has 2 amide bonds. The Morgan fingerprint density at radius 2 is 1.85 bits per heavy atom. The Hall–Kier alpha value is -3.16. The van der Waals surface area contributed by atoms with Crippen LogP contribution in [0.1, 0.15) is 37.6 Å². The Morgan fingerprint density at radius 1 is 1.12 bits per heavy atom. The number of amides is 2. The molecule has 3 heterocycles. The minimum absolute atomic E-state index is 0.0534. The summed E-state index contributed by atoms with van der Waals surface area (Å²) in [6.45, 7) is 7.74. The number of aromatic nitrogens is 3. The number of pyridine rings is 1. The van der Waals surface area contributed by atoms with E-state index in [1.54, 1.807) is 29.8 Å². The van der Waals surface area contributed by atoms with Crippen LogP contribution >= 0.6 is 23.2 Å². The highest BCUT2D eigenvalue weighted by atomic mass is 35.5. The van der Waals surface area contributed by atoms with Crippen molar-refractivity contribution in [2.24, 2.45) is 5.92 Å². The molecule has 0 bridgehead atoms. The van der Waals surface area contributed by atoms with Gasteiger partial charge in [0.05, 0.1) is 21.4 Å². The van der Waals surface area contributed by atoms with Crippen LogP contribution in [0.5, 0.6) is 5.88 Å². The number of imide groups is 1. The molecule has 0 saturated heterocycles. The highest BCUT2D eigenvalue weighted by Gasteiger charge is 2.46. The van der Waals surface area contributed by atoms with Crippen LogP contribution in [0.2, 0.25) is 10.0 Å². The fraction of sp³-hybridized carbons (Fsp3) is 0.280. The topological polar surface area (TPSA) is 82.1 Å². The van der Waals surface area contributed by atoms with E-state index in [-0.39, 0.29) is 34.3 Å². The molecule has 1 aromatic carbocycles. The van der Waals surface area contributed by atoms with Crippen molar-refractivity contribution in [1.82, 2.24) is 14.7 Å². The van der Waals surface area contributed by atoms with Crippen LogP contribution in [-0.4, -0.2) is 33.0 Å². The largest absolute Gasteiger partial charge is 0.858 e. The van der Waals surface area contributed by atoms with Crippen molar-refractivity contribution in [2.45, 2.75) is 34.1 Å². The summed E-state index contributed by atoms with van der Waals surface area (Å²) in [5.74, 6) is -1.39. The van der Waals surface area contributed by atoms with E-state index < -0.39 is 17.7 Å². The zero-order chi connectivity index (χ0) is 24.7. The maximum absolute atomic E-state index is 13.6. The second-order valence-corrected chi connectivity index (χ2v) is 9.40. The molecule has 34 heavy (non-hydrogen) atoms. The Bertz CT molecular complexity index is 1340. The molecule has 1 aliphatic rings. The third-order valence-corrected chi connectivity index (χ3v) is 6.37. The second-order valence-electron chi connectivity index (χ2n) is 8.59. The molecule has 0 aliphatic carbocycles. The van der Waals surface area contributed by atoms with Gasteiger partial charge in [0.25, 0.3) is 11.6 Å². The molecule has 1 aliphatic heterocycles. The summed E-state index contributed by atoms with van der Waals surface area (Å²) < 4.78 is 2.80. The molecular weight excluding hydrogens is 475 g/mol. The van der Waals surface area contributed by atoms with Gasteiger partial charge in [-0.1, -0.05) is 44.0 Å². The minimum atomic E-state index is -0.511. The van der Waals surface area contributed by atoms with E-state index in [2.05, 4.69) is 5.10 Å². The van der Waals surface area contributed by atoms with E-state index in [9.17, 15) is 14.7 Å². The lowest BCUT2D eigenvalue weighted by atomic mass is 10.0. The quantitative estimate of drug-likeness (QED) is 0.382. The smallest absolute Gasteiger partial charge is 0.326 e. The predicted molar refractivity (Wildman–Crippen MR) is 128 cm³/mol. The fourth-order valence-corrected chi connectivity index (χ4v) is 4.31. The third-order valence-electron chi connectivity index (χ3n) is 5.64. The van der Waals surface area contributed by atoms with Gasteiger partial charge >= 0.3 is 5.91 Å². The van der Waals surface area contributed by atoms with Gasteiger partial charge in [-0.25, -0.2) is 4.68 Å². The van der Waals surface area contributed by atoms with E-state index in [1.165, 1.54) is 15.6 Å². The summed E-state index contributed by atoms with van der Waals surface area (Å²) in [4.78, 5) is 28.2. The lowest BCUT2D eigenvalue weighted by Crippen LogP contribution is -2.41. The van der Waals surface area contributed by atoms with Crippen LogP contribution in [0.25, 0.3) is 17.0 Å². The van der Waals surface area contributed by atoms with E-state index in [4.69, 9.17) is 23.2 Å². The van der Waals surface area contributed by atoms with Crippen LogP contribution in [0.3, 0.4) is 0 Å². The fourth-order valence-electron chi connectivity index (χ4n) is 4.02. The highest BCUT2D eigenvalue weighted by molar-refractivity contribution is 6.45. The number of hydrogen-bond acceptors (Lipinski definition) is 4. The van der Waals surface area contributed by atoms with Gasteiger partial charge in [-0.2, -0.15) is 9.67 Å². The predicted octanol–water partition coefficient (Wildman–Crippen LogP) is 3.80. The average Bonchev–Trinajstić information content (AvgIpc) is 3.22. The number of rotatable bonds is 6. The number of aryl methyl sites for hydroxylation is 2. The normalized spacial score (nSPS) is 14.1. The van der Waals surface area contributed by atoms with Gasteiger partial charge in [0, 0.05) is 23.7 Å². The van der Waals surface area contributed by atoms with Crippen molar-refractivity contribution >= 4 is 46.3 Å². The molecular formula is C25H24Cl2N4O3. The Morgan fingerprint density at radius 3 is 2.50 bits per heavy atom. The number of halogens is 2. The molecule has 0 radical (unpaired) electrons. The minimum Gasteiger partial charge on any atom is -0.858 e. The van der Waals surface area contributed by atoms with E-state index in [0.717, 1.165) is 12.0 Å². The zero-order valence-electron chi connectivity index (χ0n) is 19.3. The molecule has 0 saturated carbocycles. The van der Waals surface area contributed by atoms with Crippen LogP contribution in [0, 0.1) is 12.8 Å². The van der Waals surface area contributed by atoms with Crippen LogP contribution < -0.4 is 9.67 Å². The standard InChI is InChI=1S/C25H24Cl2N4O3/c1-5-16-7-6-10-29(13-16)22-21(23(32)30(25(22)34)12-14(2)3)20-15(4)28-31(24(20)33)17-8-9-18(26)19(27)11-17/h6-11,13-14H,5,12H2,1-4H3. The summed E-state index contributed by atoms with van der Waals surface area (Å²) in [6.07, 6.45) is 4.27. The summed E-state index contributed by atoms with van der Waals surface area (Å²) in [5.41, 5.74) is 2.03. The van der Waals surface area contributed by atoms with Gasteiger partial charge in [-0.05, 0) is 49.4 Å². The molecule has 7 nitrogen and oxygen atoms in total. The lowest BCUT2D eigenvalue weighted by Gasteiger charge is -2.17. The van der Waals surface area contributed by atoms with Crippen LogP contribution in [-0.2, 0) is 16.0 Å². The molecule has 9 heteroatoms. The van der Waals surface area contributed by atoms with Gasteiger partial charge in [-0.15, -0.1) is 0 Å². The van der Waals surface area contributed by atoms with Crippen LogP contribution in [0.15, 0.2) is 42.7 Å². The lowest BCUT2D eigenvalue weighted by molar-refractivity contribution is -0.577. The SMILES string of the molecule is CCc1ccc[n+](C2=C(c3c(C)nn(-c4ccc(Cl)c(Cl)c4)c3[O-])C(=O)N(CC(C)C)C2=O)c1. The van der Waals surface area contributed by atoms with Gasteiger partial charge in [0.1, 0.15) is 5.57 Å². The van der Waals surface area contributed by atoms with Gasteiger partial charge in [0.15, 0.2) is 12.4 Å². The molecule has 0 spiro atoms. The molecule has 0 N–H and O–H groups in total. The highest BCUT2D eigenvalue weighted by Crippen LogP contribution is 2.37. The maximum atomic E-state index is 13.6. The van der Waals surface area contributed by atoms with Gasteiger partial charge in [-0.3, -0.25) is 14.5 Å². The number of carbonyl (C=O) groups excluding carboxylic acids is 2. The van der Waals surface area contributed by atoms with Crippen molar-refractivity contribution in [3.05, 3.63) is 69.6 Å². The summed E-state index contributed by atoms with van der Waals surface area (Å²) in [6, 6.07) is 8.48. The van der Waals surface area contributed by atoms with Crippen molar-refractivity contribution in [2.75, 3.05) is 6.54 Å². The number of hydrogen-bond donors (Lipinski definition) is 0. The first kappa shape index (κ1) is 24.0. The maximum Gasteiger partial charge on any atom is 0.326 e. The molecule has 0 fully saturated rings. The summed E-state index contributed by atoms with van der Waals surface area (Å²) in [7, 11) is 0. The van der Waals surface area contributed by atoms with Crippen molar-refractivity contribution in [3.8, 4) is 11.6 Å². The second kappa shape index (κ2) is 9.24. The first-order valence-corrected chi connectivity index (χ1v) is 11.7. The van der Waals surface area contributed by atoms with E-state index in [0.29, 0.717) is 16.4 Å². The van der Waals surface area contributed by atoms with Crippen LogP contribution in [0.4, 0.5) is 0 Å². The number of nitrogens with zero attached hydrogens (tertiary/aromatic N) is 4. The third kappa shape index (κ3) is 4.10. The summed E-state index contributed by atoms with van der Waals surface area (Å²) >= 11 is 12.2. The molecule has 176 valence electrons. The Balaban J connectivity index is 1.95.